The Morgan fingerprint density at radius 3 is 3.16 bits per heavy atom. The van der Waals surface area contributed by atoms with E-state index in [0.717, 1.165) is 18.8 Å². The number of aromatic nitrogens is 3. The van der Waals surface area contributed by atoms with Crippen LogP contribution >= 0.6 is 0 Å². The molecule has 3 heterocycles. The molecule has 0 spiro atoms. The van der Waals surface area contributed by atoms with Crippen LogP contribution in [0.4, 0.5) is 0 Å². The van der Waals surface area contributed by atoms with E-state index in [1.807, 2.05) is 16.8 Å². The average molecular weight is 255 g/mol. The third-order valence-electron chi connectivity index (χ3n) is 3.01. The molecule has 1 unspecified atom stereocenters. The molecular weight excluding hydrogens is 242 g/mol. The number of nitrogens with one attached hydrogen (secondary N) is 1. The summed E-state index contributed by atoms with van der Waals surface area (Å²) < 4.78 is 7.76. The summed E-state index contributed by atoms with van der Waals surface area (Å²) in [5.41, 5.74) is 1.68. The topological polar surface area (TPSA) is 75.8 Å². The molecule has 0 radical (unpaired) electrons. The van der Waals surface area contributed by atoms with Crippen LogP contribution < -0.4 is 10.1 Å². The Morgan fingerprint density at radius 1 is 1.42 bits per heavy atom. The Balaban J connectivity index is 1.71. The van der Waals surface area contributed by atoms with Gasteiger partial charge in [-0.15, -0.1) is 0 Å². The van der Waals surface area contributed by atoms with E-state index >= 15 is 0 Å². The molecule has 0 saturated heterocycles. The van der Waals surface area contributed by atoms with Crippen molar-refractivity contribution < 1.29 is 4.74 Å². The molecule has 1 atom stereocenters. The molecule has 0 bridgehead atoms. The fraction of sp³-hybridized carbons (Fsp3) is 0.308. The highest BCUT2D eigenvalue weighted by Gasteiger charge is 2.18. The minimum atomic E-state index is -0.0263. The lowest BCUT2D eigenvalue weighted by Crippen LogP contribution is -2.31. The van der Waals surface area contributed by atoms with Gasteiger partial charge in [-0.2, -0.15) is 10.4 Å². The summed E-state index contributed by atoms with van der Waals surface area (Å²) >= 11 is 0. The van der Waals surface area contributed by atoms with E-state index in [4.69, 9.17) is 10.00 Å². The van der Waals surface area contributed by atoms with E-state index in [0.29, 0.717) is 18.0 Å². The molecule has 0 aliphatic carbocycles. The molecule has 0 fully saturated rings. The Kier molecular flexibility index (Phi) is 3.12. The first kappa shape index (κ1) is 11.7. The summed E-state index contributed by atoms with van der Waals surface area (Å²) in [6, 6.07) is 7.44. The number of nitrogens with zero attached hydrogens (tertiary/aromatic N) is 4. The van der Waals surface area contributed by atoms with Crippen molar-refractivity contribution in [2.45, 2.75) is 19.2 Å². The van der Waals surface area contributed by atoms with Crippen molar-refractivity contribution in [3.63, 3.8) is 0 Å². The maximum absolute atomic E-state index is 8.72. The van der Waals surface area contributed by atoms with Crippen LogP contribution in [0, 0.1) is 11.3 Å². The maximum atomic E-state index is 8.72. The smallest absolute Gasteiger partial charge is 0.213 e. The van der Waals surface area contributed by atoms with E-state index in [9.17, 15) is 0 Å². The van der Waals surface area contributed by atoms with Gasteiger partial charge in [0.15, 0.2) is 0 Å². The second-order valence-corrected chi connectivity index (χ2v) is 4.37. The predicted octanol–water partition coefficient (Wildman–Crippen LogP) is 0.701. The SMILES string of the molecule is N#Cc1ccc(OC2CNCc3ccnn3C2)nc1. The van der Waals surface area contributed by atoms with Gasteiger partial charge in [-0.1, -0.05) is 0 Å². The number of hydrogen-bond donors (Lipinski definition) is 1. The van der Waals surface area contributed by atoms with Gasteiger partial charge in [-0.05, 0) is 12.1 Å². The highest BCUT2D eigenvalue weighted by atomic mass is 16.5. The van der Waals surface area contributed by atoms with Crippen molar-refractivity contribution in [3.8, 4) is 11.9 Å². The molecule has 0 amide bonds. The minimum absolute atomic E-state index is 0.0263. The first-order valence-corrected chi connectivity index (χ1v) is 6.09. The standard InChI is InChI=1S/C13H13N5O/c14-5-10-1-2-13(16-6-10)19-12-8-15-7-11-3-4-17-18(11)9-12/h1-4,6,12,15H,7-9H2. The summed E-state index contributed by atoms with van der Waals surface area (Å²) in [7, 11) is 0. The van der Waals surface area contributed by atoms with Crippen LogP contribution in [0.15, 0.2) is 30.6 Å². The molecule has 1 N–H and O–H groups in total. The van der Waals surface area contributed by atoms with E-state index in [2.05, 4.69) is 15.4 Å². The second kappa shape index (κ2) is 5.08. The molecule has 1 aliphatic rings. The van der Waals surface area contributed by atoms with Gasteiger partial charge >= 0.3 is 0 Å². The molecule has 0 aromatic carbocycles. The summed E-state index contributed by atoms with van der Waals surface area (Å²) in [4.78, 5) is 4.12. The summed E-state index contributed by atoms with van der Waals surface area (Å²) in [5, 5.41) is 16.3. The average Bonchev–Trinajstić information content (AvgIpc) is 2.79. The van der Waals surface area contributed by atoms with Crippen LogP contribution in [0.25, 0.3) is 0 Å². The van der Waals surface area contributed by atoms with Crippen LogP contribution in [0.1, 0.15) is 11.3 Å². The Bertz CT molecular complexity index is 598. The molecule has 0 saturated carbocycles. The lowest BCUT2D eigenvalue weighted by atomic mass is 10.3. The first-order valence-electron chi connectivity index (χ1n) is 6.09. The molecule has 3 rings (SSSR count). The summed E-state index contributed by atoms with van der Waals surface area (Å²) in [5.74, 6) is 0.529. The van der Waals surface area contributed by atoms with Gasteiger partial charge in [0.25, 0.3) is 0 Å². The molecular formula is C13H13N5O. The van der Waals surface area contributed by atoms with Gasteiger partial charge in [-0.3, -0.25) is 4.68 Å². The maximum Gasteiger partial charge on any atom is 0.213 e. The van der Waals surface area contributed by atoms with Crippen LogP contribution in [-0.4, -0.2) is 27.4 Å². The number of pyridine rings is 1. The van der Waals surface area contributed by atoms with E-state index < -0.39 is 0 Å². The minimum Gasteiger partial charge on any atom is -0.471 e. The van der Waals surface area contributed by atoms with Crippen LogP contribution in [-0.2, 0) is 13.1 Å². The molecule has 1 aliphatic heterocycles. The molecule has 19 heavy (non-hydrogen) atoms. The number of rotatable bonds is 2. The van der Waals surface area contributed by atoms with Crippen LogP contribution in [0.5, 0.6) is 5.88 Å². The van der Waals surface area contributed by atoms with Crippen LogP contribution in [0.2, 0.25) is 0 Å². The quantitative estimate of drug-likeness (QED) is 0.855. The number of hydrogen-bond acceptors (Lipinski definition) is 5. The van der Waals surface area contributed by atoms with Crippen molar-refractivity contribution in [2.75, 3.05) is 6.54 Å². The Hall–Kier alpha value is -2.39. The van der Waals surface area contributed by atoms with Crippen molar-refractivity contribution in [2.24, 2.45) is 0 Å². The summed E-state index contributed by atoms with van der Waals surface area (Å²) in [6.07, 6.45) is 3.28. The number of ether oxygens (including phenoxy) is 1. The highest BCUT2D eigenvalue weighted by molar-refractivity contribution is 5.28. The number of nitriles is 1. The molecule has 2 aromatic rings. The third-order valence-corrected chi connectivity index (χ3v) is 3.01. The zero-order chi connectivity index (χ0) is 13.1. The van der Waals surface area contributed by atoms with Gasteiger partial charge in [0.05, 0.1) is 17.8 Å². The van der Waals surface area contributed by atoms with Gasteiger partial charge in [0, 0.05) is 31.5 Å². The van der Waals surface area contributed by atoms with Crippen molar-refractivity contribution in [1.82, 2.24) is 20.1 Å². The highest BCUT2D eigenvalue weighted by Crippen LogP contribution is 2.12. The third kappa shape index (κ3) is 2.56. The van der Waals surface area contributed by atoms with Gasteiger partial charge in [0.2, 0.25) is 5.88 Å². The van der Waals surface area contributed by atoms with E-state index in [-0.39, 0.29) is 6.10 Å². The predicted molar refractivity (Wildman–Crippen MR) is 67.3 cm³/mol. The lowest BCUT2D eigenvalue weighted by Gasteiger charge is -2.16. The van der Waals surface area contributed by atoms with Crippen molar-refractivity contribution in [3.05, 3.63) is 41.9 Å². The Labute approximate surface area is 110 Å². The normalized spacial score (nSPS) is 18.2. The largest absolute Gasteiger partial charge is 0.471 e. The van der Waals surface area contributed by atoms with E-state index in [1.165, 1.54) is 6.20 Å². The monoisotopic (exact) mass is 255 g/mol. The lowest BCUT2D eigenvalue weighted by molar-refractivity contribution is 0.171. The van der Waals surface area contributed by atoms with Crippen LogP contribution in [0.3, 0.4) is 0 Å². The van der Waals surface area contributed by atoms with Gasteiger partial charge in [0.1, 0.15) is 12.2 Å². The second-order valence-electron chi connectivity index (χ2n) is 4.37. The summed E-state index contributed by atoms with van der Waals surface area (Å²) in [6.45, 7) is 2.22. The molecule has 6 heteroatoms. The molecule has 2 aromatic heterocycles. The molecule has 96 valence electrons. The fourth-order valence-electron chi connectivity index (χ4n) is 2.06. The fourth-order valence-corrected chi connectivity index (χ4v) is 2.06. The molecule has 6 nitrogen and oxygen atoms in total. The Morgan fingerprint density at radius 2 is 2.37 bits per heavy atom. The van der Waals surface area contributed by atoms with E-state index in [1.54, 1.807) is 18.3 Å². The van der Waals surface area contributed by atoms with Crippen molar-refractivity contribution in [1.29, 1.82) is 5.26 Å². The zero-order valence-corrected chi connectivity index (χ0v) is 10.3. The first-order chi connectivity index (χ1) is 9.35. The van der Waals surface area contributed by atoms with Gasteiger partial charge < -0.3 is 10.1 Å². The zero-order valence-electron chi connectivity index (χ0n) is 10.3. The number of fused-ring (bicyclic) bond motifs is 1. The van der Waals surface area contributed by atoms with Crippen molar-refractivity contribution >= 4 is 0 Å². The van der Waals surface area contributed by atoms with Gasteiger partial charge in [-0.25, -0.2) is 4.98 Å².